The van der Waals surface area contributed by atoms with Crippen LogP contribution in [0.4, 0.5) is 0 Å². The van der Waals surface area contributed by atoms with E-state index in [0.717, 1.165) is 0 Å². The first-order valence-electron chi connectivity index (χ1n) is 8.13. The lowest BCUT2D eigenvalue weighted by Gasteiger charge is -2.21. The molecule has 5 amide bonds. The fraction of sp³-hybridized carbons (Fsp3) is 0.667. The lowest BCUT2D eigenvalue weighted by molar-refractivity contribution is -0.133. The van der Waals surface area contributed by atoms with Crippen LogP contribution >= 0.6 is 0 Å². The molecule has 26 heavy (non-hydrogen) atoms. The van der Waals surface area contributed by atoms with Crippen LogP contribution in [0.1, 0.15) is 34.6 Å². The van der Waals surface area contributed by atoms with Crippen molar-refractivity contribution in [3.8, 4) is 0 Å². The van der Waals surface area contributed by atoms with Gasteiger partial charge in [0.1, 0.15) is 24.2 Å². The molecule has 0 saturated heterocycles. The fourth-order valence-corrected chi connectivity index (χ4v) is 1.63. The standard InChI is InChI=1S/C15H28N6O5/c1-6(16)12(23)19-8(3)14(25)21-10(5)15(26)20-9(4)13(24)18-7(2)11(17)22/h6-10H,16H2,1-5H3,(H2,17,22)(H,18,24)(H,19,23)(H,20,26)(H,21,25)/t6-,7-,8-,9-,10-/m0/s1. The molecule has 0 heterocycles. The molecule has 0 fully saturated rings. The Balaban J connectivity index is 4.54. The molecule has 0 rings (SSSR count). The van der Waals surface area contributed by atoms with Gasteiger partial charge in [-0.05, 0) is 34.6 Å². The number of nitrogens with one attached hydrogen (secondary N) is 4. The van der Waals surface area contributed by atoms with E-state index in [9.17, 15) is 24.0 Å². The zero-order chi connectivity index (χ0) is 20.6. The Morgan fingerprint density at radius 2 is 0.846 bits per heavy atom. The maximum Gasteiger partial charge on any atom is 0.242 e. The van der Waals surface area contributed by atoms with E-state index in [1.54, 1.807) is 0 Å². The molecular formula is C15H28N6O5. The Morgan fingerprint density at radius 1 is 0.577 bits per heavy atom. The van der Waals surface area contributed by atoms with Crippen LogP contribution in [0.25, 0.3) is 0 Å². The minimum absolute atomic E-state index is 0.501. The van der Waals surface area contributed by atoms with Crippen molar-refractivity contribution in [1.29, 1.82) is 0 Å². The molecule has 0 aromatic carbocycles. The Labute approximate surface area is 152 Å². The maximum absolute atomic E-state index is 12.1. The topological polar surface area (TPSA) is 186 Å². The number of amides is 5. The van der Waals surface area contributed by atoms with Crippen molar-refractivity contribution in [2.24, 2.45) is 11.5 Å². The van der Waals surface area contributed by atoms with Crippen LogP contribution < -0.4 is 32.7 Å². The highest BCUT2D eigenvalue weighted by Crippen LogP contribution is 1.92. The van der Waals surface area contributed by atoms with E-state index >= 15 is 0 Å². The normalized spacial score (nSPS) is 16.2. The summed E-state index contributed by atoms with van der Waals surface area (Å²) in [5.41, 5.74) is 10.4. The van der Waals surface area contributed by atoms with Gasteiger partial charge >= 0.3 is 0 Å². The van der Waals surface area contributed by atoms with Crippen LogP contribution in [0.5, 0.6) is 0 Å². The van der Waals surface area contributed by atoms with Crippen molar-refractivity contribution in [2.75, 3.05) is 0 Å². The van der Waals surface area contributed by atoms with E-state index in [1.807, 2.05) is 0 Å². The summed E-state index contributed by atoms with van der Waals surface area (Å²) in [6.45, 7) is 7.17. The molecule has 0 radical (unpaired) electrons. The number of hydrogen-bond donors (Lipinski definition) is 6. The summed E-state index contributed by atoms with van der Waals surface area (Å²) < 4.78 is 0. The number of hydrogen-bond acceptors (Lipinski definition) is 6. The Morgan fingerprint density at radius 3 is 1.12 bits per heavy atom. The van der Waals surface area contributed by atoms with Crippen LogP contribution in [0.2, 0.25) is 0 Å². The monoisotopic (exact) mass is 372 g/mol. The lowest BCUT2D eigenvalue weighted by Crippen LogP contribution is -2.56. The molecule has 0 saturated carbocycles. The molecule has 11 nitrogen and oxygen atoms in total. The summed E-state index contributed by atoms with van der Waals surface area (Å²) >= 11 is 0. The summed E-state index contributed by atoms with van der Waals surface area (Å²) in [5.74, 6) is -3.00. The van der Waals surface area contributed by atoms with Crippen molar-refractivity contribution in [1.82, 2.24) is 21.3 Å². The van der Waals surface area contributed by atoms with Crippen LogP contribution in [0, 0.1) is 0 Å². The molecule has 0 spiro atoms. The van der Waals surface area contributed by atoms with Gasteiger partial charge in [0, 0.05) is 0 Å². The van der Waals surface area contributed by atoms with E-state index in [4.69, 9.17) is 11.5 Å². The quantitative estimate of drug-likeness (QED) is 0.248. The molecule has 11 heteroatoms. The number of rotatable bonds is 9. The third-order valence-corrected chi connectivity index (χ3v) is 3.46. The van der Waals surface area contributed by atoms with Gasteiger partial charge in [0.05, 0.1) is 6.04 Å². The van der Waals surface area contributed by atoms with E-state index in [1.165, 1.54) is 34.6 Å². The van der Waals surface area contributed by atoms with Gasteiger partial charge in [0.15, 0.2) is 0 Å². The summed E-state index contributed by atoms with van der Waals surface area (Å²) in [6.07, 6.45) is 0. The Hall–Kier alpha value is -2.69. The van der Waals surface area contributed by atoms with Crippen LogP contribution in [-0.4, -0.2) is 59.7 Å². The summed E-state index contributed by atoms with van der Waals surface area (Å²) in [4.78, 5) is 58.3. The van der Waals surface area contributed by atoms with Crippen molar-refractivity contribution >= 4 is 29.5 Å². The lowest BCUT2D eigenvalue weighted by atomic mass is 10.2. The Kier molecular flexibility index (Phi) is 9.27. The average Bonchev–Trinajstić information content (AvgIpc) is 2.53. The minimum atomic E-state index is -0.957. The number of primary amides is 1. The SMILES string of the molecule is C[C@H](N)C(=O)N[C@@H](C)C(=O)N[C@@H](C)C(=O)N[C@@H](C)C(=O)N[C@@H](C)C(N)=O. The smallest absolute Gasteiger partial charge is 0.242 e. The van der Waals surface area contributed by atoms with Gasteiger partial charge in [-0.2, -0.15) is 0 Å². The van der Waals surface area contributed by atoms with E-state index < -0.39 is 59.7 Å². The molecule has 0 aromatic rings. The molecule has 8 N–H and O–H groups in total. The first-order valence-corrected chi connectivity index (χ1v) is 8.13. The zero-order valence-corrected chi connectivity index (χ0v) is 15.6. The van der Waals surface area contributed by atoms with Crippen LogP contribution in [-0.2, 0) is 24.0 Å². The third kappa shape index (κ3) is 7.92. The van der Waals surface area contributed by atoms with Gasteiger partial charge in [0.25, 0.3) is 0 Å². The molecular weight excluding hydrogens is 344 g/mol. The molecule has 0 bridgehead atoms. The predicted octanol–water partition coefficient (Wildman–Crippen LogP) is -3.16. The number of carbonyl (C=O) groups is 5. The minimum Gasteiger partial charge on any atom is -0.368 e. The largest absolute Gasteiger partial charge is 0.368 e. The highest BCUT2D eigenvalue weighted by molar-refractivity contribution is 5.95. The van der Waals surface area contributed by atoms with Gasteiger partial charge in [-0.1, -0.05) is 0 Å². The number of carbonyl (C=O) groups excluding carboxylic acids is 5. The second-order valence-electron chi connectivity index (χ2n) is 6.11. The van der Waals surface area contributed by atoms with Gasteiger partial charge in [-0.25, -0.2) is 0 Å². The predicted molar refractivity (Wildman–Crippen MR) is 93.3 cm³/mol. The first-order chi connectivity index (χ1) is 11.9. The fourth-order valence-electron chi connectivity index (χ4n) is 1.63. The second kappa shape index (κ2) is 10.3. The molecule has 0 aliphatic carbocycles. The number of nitrogens with two attached hydrogens (primary N) is 2. The summed E-state index contributed by atoms with van der Waals surface area (Å²) in [7, 11) is 0. The molecule has 0 aromatic heterocycles. The van der Waals surface area contributed by atoms with Gasteiger partial charge in [-0.15, -0.1) is 0 Å². The first kappa shape index (κ1) is 23.3. The second-order valence-corrected chi connectivity index (χ2v) is 6.11. The summed E-state index contributed by atoms with van der Waals surface area (Å²) in [5, 5.41) is 9.56. The van der Waals surface area contributed by atoms with Crippen molar-refractivity contribution < 1.29 is 24.0 Å². The maximum atomic E-state index is 12.1. The highest BCUT2D eigenvalue weighted by atomic mass is 16.2. The zero-order valence-electron chi connectivity index (χ0n) is 15.6. The molecule has 5 atom stereocenters. The van der Waals surface area contributed by atoms with E-state index in [-0.39, 0.29) is 0 Å². The van der Waals surface area contributed by atoms with E-state index in [0.29, 0.717) is 0 Å². The van der Waals surface area contributed by atoms with Gasteiger partial charge in [-0.3, -0.25) is 24.0 Å². The molecule has 0 aliphatic heterocycles. The summed E-state index contributed by atoms with van der Waals surface area (Å²) in [6, 6.07) is -4.44. The van der Waals surface area contributed by atoms with E-state index in [2.05, 4.69) is 21.3 Å². The average molecular weight is 372 g/mol. The van der Waals surface area contributed by atoms with Crippen molar-refractivity contribution in [3.05, 3.63) is 0 Å². The van der Waals surface area contributed by atoms with Gasteiger partial charge in [0.2, 0.25) is 29.5 Å². The van der Waals surface area contributed by atoms with Crippen molar-refractivity contribution in [2.45, 2.75) is 64.8 Å². The van der Waals surface area contributed by atoms with Crippen molar-refractivity contribution in [3.63, 3.8) is 0 Å². The van der Waals surface area contributed by atoms with Crippen LogP contribution in [0.15, 0.2) is 0 Å². The third-order valence-electron chi connectivity index (χ3n) is 3.46. The Bertz CT molecular complexity index is 565. The molecule has 148 valence electrons. The highest BCUT2D eigenvalue weighted by Gasteiger charge is 2.25. The molecule has 0 unspecified atom stereocenters. The van der Waals surface area contributed by atoms with Gasteiger partial charge < -0.3 is 32.7 Å². The van der Waals surface area contributed by atoms with Crippen LogP contribution in [0.3, 0.4) is 0 Å². The molecule has 0 aliphatic rings.